The van der Waals surface area contributed by atoms with Gasteiger partial charge in [-0.25, -0.2) is 4.98 Å². The van der Waals surface area contributed by atoms with Crippen molar-refractivity contribution in [2.24, 2.45) is 0 Å². The van der Waals surface area contributed by atoms with Crippen molar-refractivity contribution < 1.29 is 4.79 Å². The summed E-state index contributed by atoms with van der Waals surface area (Å²) in [6.45, 7) is 0. The molecule has 0 atom stereocenters. The Morgan fingerprint density at radius 1 is 1.03 bits per heavy atom. The second kappa shape index (κ2) is 10.3. The molecule has 3 aromatic rings. The van der Waals surface area contributed by atoms with E-state index in [0.717, 1.165) is 12.8 Å². The summed E-state index contributed by atoms with van der Waals surface area (Å²) in [6, 6.07) is 14.6. The number of fused-ring (bicyclic) bond motifs is 1. The quantitative estimate of drug-likeness (QED) is 0.415. The lowest BCUT2D eigenvalue weighted by Crippen LogP contribution is -2.36. The number of thioether (sulfide) groups is 1. The maximum atomic E-state index is 13.2. The molecule has 1 aliphatic carbocycles. The molecule has 1 amide bonds. The van der Waals surface area contributed by atoms with Crippen molar-refractivity contribution >= 4 is 40.2 Å². The number of halogens is 1. The van der Waals surface area contributed by atoms with Gasteiger partial charge in [-0.2, -0.15) is 0 Å². The number of carbonyl (C=O) groups excluding carboxylic acids is 1. The fraction of sp³-hybridized carbons (Fsp3) is 0.375. The van der Waals surface area contributed by atoms with Crippen LogP contribution in [0, 0.1) is 0 Å². The third-order valence-corrected chi connectivity index (χ3v) is 6.82. The maximum absolute atomic E-state index is 13.2. The molecule has 1 N–H and O–H groups in total. The van der Waals surface area contributed by atoms with E-state index in [1.807, 2.05) is 18.2 Å². The minimum Gasteiger partial charge on any atom is -0.353 e. The number of nitrogens with one attached hydrogen (secondary N) is 1. The molecular formula is C24H26ClN3O2S. The number of para-hydroxylation sites is 1. The van der Waals surface area contributed by atoms with Gasteiger partial charge < -0.3 is 5.32 Å². The van der Waals surface area contributed by atoms with Crippen LogP contribution < -0.4 is 10.9 Å². The van der Waals surface area contributed by atoms with Gasteiger partial charge in [0.1, 0.15) is 0 Å². The Morgan fingerprint density at radius 2 is 1.71 bits per heavy atom. The average molecular weight is 456 g/mol. The molecule has 4 rings (SSSR count). The van der Waals surface area contributed by atoms with E-state index < -0.39 is 0 Å². The lowest BCUT2D eigenvalue weighted by molar-refractivity contribution is -0.119. The first-order valence-electron chi connectivity index (χ1n) is 10.8. The van der Waals surface area contributed by atoms with Crippen molar-refractivity contribution in [2.75, 3.05) is 5.75 Å². The van der Waals surface area contributed by atoms with E-state index in [2.05, 4.69) is 5.32 Å². The Hall–Kier alpha value is -2.31. The van der Waals surface area contributed by atoms with Crippen LogP contribution in [-0.2, 0) is 4.79 Å². The second-order valence-electron chi connectivity index (χ2n) is 7.93. The summed E-state index contributed by atoms with van der Waals surface area (Å²) < 4.78 is 1.56. The molecule has 0 aliphatic heterocycles. The van der Waals surface area contributed by atoms with E-state index in [4.69, 9.17) is 16.6 Å². The highest BCUT2D eigenvalue weighted by molar-refractivity contribution is 7.99. The summed E-state index contributed by atoms with van der Waals surface area (Å²) in [5, 5.41) is 4.82. The number of carbonyl (C=O) groups is 1. The van der Waals surface area contributed by atoms with Crippen LogP contribution in [0.15, 0.2) is 58.5 Å². The zero-order valence-electron chi connectivity index (χ0n) is 17.4. The zero-order valence-corrected chi connectivity index (χ0v) is 18.9. The largest absolute Gasteiger partial charge is 0.353 e. The number of amides is 1. The van der Waals surface area contributed by atoms with Crippen molar-refractivity contribution in [3.63, 3.8) is 0 Å². The topological polar surface area (TPSA) is 64.0 Å². The van der Waals surface area contributed by atoms with E-state index >= 15 is 0 Å². The molecule has 0 spiro atoms. The van der Waals surface area contributed by atoms with Gasteiger partial charge in [-0.3, -0.25) is 14.2 Å². The monoisotopic (exact) mass is 455 g/mol. The van der Waals surface area contributed by atoms with E-state index in [0.29, 0.717) is 26.8 Å². The average Bonchev–Trinajstić information content (AvgIpc) is 2.75. The van der Waals surface area contributed by atoms with Gasteiger partial charge in [0.25, 0.3) is 5.56 Å². The van der Waals surface area contributed by atoms with Gasteiger partial charge >= 0.3 is 0 Å². The molecule has 0 radical (unpaired) electrons. The highest BCUT2D eigenvalue weighted by Crippen LogP contribution is 2.23. The van der Waals surface area contributed by atoms with Gasteiger partial charge in [0, 0.05) is 11.1 Å². The van der Waals surface area contributed by atoms with Gasteiger partial charge in [0.05, 0.1) is 22.3 Å². The molecule has 2 aromatic carbocycles. The first kappa shape index (κ1) is 21.9. The van der Waals surface area contributed by atoms with Crippen molar-refractivity contribution in [3.8, 4) is 5.69 Å². The molecule has 7 heteroatoms. The number of hydrogen-bond donors (Lipinski definition) is 1. The van der Waals surface area contributed by atoms with E-state index in [9.17, 15) is 9.59 Å². The third kappa shape index (κ3) is 5.49. The molecule has 1 aliphatic rings. The molecule has 31 heavy (non-hydrogen) atoms. The van der Waals surface area contributed by atoms with Crippen LogP contribution in [0.25, 0.3) is 16.6 Å². The molecule has 0 unspecified atom stereocenters. The normalized spacial score (nSPS) is 15.4. The minimum absolute atomic E-state index is 0.0133. The van der Waals surface area contributed by atoms with Crippen LogP contribution in [-0.4, -0.2) is 27.3 Å². The number of nitrogens with zero attached hydrogens (tertiary/aromatic N) is 2. The Kier molecular flexibility index (Phi) is 7.30. The van der Waals surface area contributed by atoms with Crippen LogP contribution in [0.1, 0.15) is 44.9 Å². The first-order chi connectivity index (χ1) is 15.1. The number of hydrogen-bond acceptors (Lipinski definition) is 4. The molecule has 1 saturated carbocycles. The number of rotatable bonds is 5. The summed E-state index contributed by atoms with van der Waals surface area (Å²) in [7, 11) is 0. The Bertz CT molecular complexity index is 1110. The van der Waals surface area contributed by atoms with E-state index in [1.54, 1.807) is 34.9 Å². The predicted molar refractivity (Wildman–Crippen MR) is 127 cm³/mol. The molecule has 5 nitrogen and oxygen atoms in total. The first-order valence-corrected chi connectivity index (χ1v) is 12.2. The van der Waals surface area contributed by atoms with Crippen molar-refractivity contribution in [1.82, 2.24) is 14.9 Å². The van der Waals surface area contributed by atoms with E-state index in [-0.39, 0.29) is 23.3 Å². The van der Waals surface area contributed by atoms with Crippen LogP contribution in [0.3, 0.4) is 0 Å². The molecule has 1 heterocycles. The summed E-state index contributed by atoms with van der Waals surface area (Å²) in [6.07, 6.45) is 8.21. The summed E-state index contributed by atoms with van der Waals surface area (Å²) in [5.74, 6) is 0.204. The highest BCUT2D eigenvalue weighted by atomic mass is 35.5. The van der Waals surface area contributed by atoms with Gasteiger partial charge in [-0.15, -0.1) is 0 Å². The SMILES string of the molecule is O=C(CSc1nc2ccccc2c(=O)n1-c1ccc(Cl)cc1)NC1CCCCCCC1. The number of aromatic nitrogens is 2. The lowest BCUT2D eigenvalue weighted by Gasteiger charge is -2.21. The Balaban J connectivity index is 1.57. The molecule has 1 fully saturated rings. The highest BCUT2D eigenvalue weighted by Gasteiger charge is 2.17. The fourth-order valence-corrected chi connectivity index (χ4v) is 4.98. The van der Waals surface area contributed by atoms with Crippen molar-refractivity contribution in [3.05, 3.63) is 63.9 Å². The van der Waals surface area contributed by atoms with Crippen LogP contribution in [0.2, 0.25) is 5.02 Å². The van der Waals surface area contributed by atoms with E-state index in [1.165, 1.54) is 43.9 Å². The second-order valence-corrected chi connectivity index (χ2v) is 9.31. The minimum atomic E-state index is -0.157. The maximum Gasteiger partial charge on any atom is 0.266 e. The smallest absolute Gasteiger partial charge is 0.266 e. The van der Waals surface area contributed by atoms with Gasteiger partial charge in [-0.05, 0) is 49.2 Å². The van der Waals surface area contributed by atoms with Gasteiger partial charge in [0.15, 0.2) is 5.16 Å². The molecule has 0 bridgehead atoms. The number of benzene rings is 2. The lowest BCUT2D eigenvalue weighted by atomic mass is 9.97. The Morgan fingerprint density at radius 3 is 2.45 bits per heavy atom. The van der Waals surface area contributed by atoms with Crippen LogP contribution in [0.4, 0.5) is 0 Å². The zero-order chi connectivity index (χ0) is 21.6. The fourth-order valence-electron chi connectivity index (χ4n) is 4.03. The van der Waals surface area contributed by atoms with Crippen LogP contribution in [0.5, 0.6) is 0 Å². The van der Waals surface area contributed by atoms with Crippen LogP contribution >= 0.6 is 23.4 Å². The molecule has 162 valence electrons. The van der Waals surface area contributed by atoms with Gasteiger partial charge in [0.2, 0.25) is 5.91 Å². The third-order valence-electron chi connectivity index (χ3n) is 5.63. The molecule has 1 aromatic heterocycles. The summed E-state index contributed by atoms with van der Waals surface area (Å²) >= 11 is 7.32. The predicted octanol–water partition coefficient (Wildman–Crippen LogP) is 5.36. The standard InChI is InChI=1S/C24H26ClN3O2S/c25-17-12-14-19(15-13-17)28-23(30)20-10-6-7-11-21(20)27-24(28)31-16-22(29)26-18-8-4-2-1-3-5-9-18/h6-7,10-15,18H,1-5,8-9,16H2,(H,26,29). The molecule has 0 saturated heterocycles. The van der Waals surface area contributed by atoms with Crippen molar-refractivity contribution in [2.45, 2.75) is 56.1 Å². The Labute approximate surface area is 191 Å². The van der Waals surface area contributed by atoms with Crippen molar-refractivity contribution in [1.29, 1.82) is 0 Å². The van der Waals surface area contributed by atoms with Gasteiger partial charge in [-0.1, -0.05) is 67.6 Å². The summed E-state index contributed by atoms with van der Waals surface area (Å²) in [4.78, 5) is 30.6. The molecular weight excluding hydrogens is 430 g/mol. The summed E-state index contributed by atoms with van der Waals surface area (Å²) in [5.41, 5.74) is 1.15.